The molecule has 1 aliphatic carbocycles. The molecular formula is C31H35BrN4O3. The van der Waals surface area contributed by atoms with Crippen molar-refractivity contribution in [2.75, 3.05) is 64.6 Å². The highest BCUT2D eigenvalue weighted by Gasteiger charge is 2.47. The van der Waals surface area contributed by atoms with Crippen molar-refractivity contribution in [1.29, 1.82) is 0 Å². The molecular weight excluding hydrogens is 556 g/mol. The molecule has 7 nitrogen and oxygen atoms in total. The normalized spacial score (nSPS) is 22.1. The Bertz CT molecular complexity index is 1440. The Hall–Kier alpha value is -2.52. The predicted molar refractivity (Wildman–Crippen MR) is 158 cm³/mol. The number of hydrogen-bond donors (Lipinski definition) is 1. The first-order valence-electron chi connectivity index (χ1n) is 14.2. The second-order valence-electron chi connectivity index (χ2n) is 11.3. The van der Waals surface area contributed by atoms with E-state index in [0.29, 0.717) is 19.3 Å². The molecule has 1 aromatic heterocycles. The van der Waals surface area contributed by atoms with Crippen molar-refractivity contribution in [2.45, 2.75) is 37.1 Å². The van der Waals surface area contributed by atoms with Crippen LogP contribution in [0.25, 0.3) is 10.9 Å². The van der Waals surface area contributed by atoms with Crippen LogP contribution in [0, 0.1) is 0 Å². The molecule has 3 aromatic rings. The Labute approximate surface area is 237 Å². The van der Waals surface area contributed by atoms with Gasteiger partial charge in [0, 0.05) is 90.7 Å². The SMILES string of the molecule is CN=Cc1ccc2c3c([nH]c2c1)C1(CCOCC1)c1cc(N2CCC(N4CCOCC4)CC2)c(Br)cc1C3=O. The summed E-state index contributed by atoms with van der Waals surface area (Å²) < 4.78 is 12.4. The number of carbonyl (C=O) groups is 1. The number of fused-ring (bicyclic) bond motifs is 6. The van der Waals surface area contributed by atoms with Gasteiger partial charge in [0.1, 0.15) is 0 Å². The van der Waals surface area contributed by atoms with Gasteiger partial charge in [0.15, 0.2) is 5.78 Å². The Kier molecular flexibility index (Phi) is 6.62. The third-order valence-corrected chi connectivity index (χ3v) is 10.0. The molecule has 3 fully saturated rings. The molecule has 1 spiro atoms. The quantitative estimate of drug-likeness (QED) is 0.438. The van der Waals surface area contributed by atoms with E-state index in [2.05, 4.69) is 60.0 Å². The molecule has 0 unspecified atom stereocenters. The number of benzene rings is 2. The fourth-order valence-corrected chi connectivity index (χ4v) is 7.94. The van der Waals surface area contributed by atoms with E-state index >= 15 is 0 Å². The van der Waals surface area contributed by atoms with Crippen LogP contribution in [-0.4, -0.2) is 87.6 Å². The Morgan fingerprint density at radius 3 is 2.51 bits per heavy atom. The molecule has 0 radical (unpaired) electrons. The van der Waals surface area contributed by atoms with Crippen LogP contribution in [0.2, 0.25) is 0 Å². The monoisotopic (exact) mass is 590 g/mol. The molecule has 7 rings (SSSR count). The second-order valence-corrected chi connectivity index (χ2v) is 12.2. The summed E-state index contributed by atoms with van der Waals surface area (Å²) in [5.41, 5.74) is 6.81. The summed E-state index contributed by atoms with van der Waals surface area (Å²) in [4.78, 5) is 27.2. The number of nitrogens with one attached hydrogen (secondary N) is 1. The fourth-order valence-electron chi connectivity index (χ4n) is 7.35. The zero-order valence-electron chi connectivity index (χ0n) is 22.5. The molecule has 3 aliphatic heterocycles. The number of ketones is 1. The smallest absolute Gasteiger partial charge is 0.195 e. The average Bonchev–Trinajstić information content (AvgIpc) is 3.37. The molecule has 0 amide bonds. The van der Waals surface area contributed by atoms with E-state index in [4.69, 9.17) is 9.47 Å². The number of aromatic nitrogens is 1. The third kappa shape index (κ3) is 4.19. The lowest BCUT2D eigenvalue weighted by molar-refractivity contribution is 0.0115. The summed E-state index contributed by atoms with van der Waals surface area (Å²) in [5, 5.41) is 0.991. The number of anilines is 1. The maximum atomic E-state index is 14.1. The van der Waals surface area contributed by atoms with Crippen molar-refractivity contribution in [3.05, 3.63) is 62.8 Å². The lowest BCUT2D eigenvalue weighted by Crippen LogP contribution is -2.49. The molecule has 204 valence electrons. The molecule has 0 saturated carbocycles. The highest BCUT2D eigenvalue weighted by Crippen LogP contribution is 2.51. The third-order valence-electron chi connectivity index (χ3n) is 9.37. The molecule has 1 N–H and O–H groups in total. The van der Waals surface area contributed by atoms with Crippen LogP contribution in [0.1, 0.15) is 58.4 Å². The van der Waals surface area contributed by atoms with E-state index in [1.807, 2.05) is 12.3 Å². The van der Waals surface area contributed by atoms with Crippen LogP contribution in [0.3, 0.4) is 0 Å². The molecule has 3 saturated heterocycles. The Morgan fingerprint density at radius 2 is 1.77 bits per heavy atom. The van der Waals surface area contributed by atoms with Crippen LogP contribution < -0.4 is 4.90 Å². The van der Waals surface area contributed by atoms with Crippen molar-refractivity contribution >= 4 is 44.5 Å². The topological polar surface area (TPSA) is 70.2 Å². The number of aromatic amines is 1. The summed E-state index contributed by atoms with van der Waals surface area (Å²) >= 11 is 3.88. The van der Waals surface area contributed by atoms with Crippen molar-refractivity contribution in [1.82, 2.24) is 9.88 Å². The minimum Gasteiger partial charge on any atom is -0.381 e. The van der Waals surface area contributed by atoms with Gasteiger partial charge in [-0.05, 0) is 70.9 Å². The van der Waals surface area contributed by atoms with Gasteiger partial charge in [-0.1, -0.05) is 12.1 Å². The van der Waals surface area contributed by atoms with Crippen LogP contribution >= 0.6 is 15.9 Å². The second kappa shape index (κ2) is 10.1. The summed E-state index contributed by atoms with van der Waals surface area (Å²) in [6, 6.07) is 11.3. The number of ether oxygens (including phenoxy) is 2. The van der Waals surface area contributed by atoms with Crippen molar-refractivity contribution < 1.29 is 14.3 Å². The van der Waals surface area contributed by atoms with Gasteiger partial charge in [-0.25, -0.2) is 0 Å². The maximum Gasteiger partial charge on any atom is 0.195 e. The number of hydrogen-bond acceptors (Lipinski definition) is 6. The van der Waals surface area contributed by atoms with Crippen LogP contribution in [0.15, 0.2) is 39.8 Å². The largest absolute Gasteiger partial charge is 0.381 e. The Morgan fingerprint density at radius 1 is 1.03 bits per heavy atom. The van der Waals surface area contributed by atoms with Crippen LogP contribution in [0.5, 0.6) is 0 Å². The zero-order chi connectivity index (χ0) is 26.6. The summed E-state index contributed by atoms with van der Waals surface area (Å²) in [5.74, 6) is 0.110. The first-order valence-corrected chi connectivity index (χ1v) is 15.0. The van der Waals surface area contributed by atoms with Gasteiger partial charge in [-0.3, -0.25) is 14.7 Å². The molecule has 4 heterocycles. The van der Waals surface area contributed by atoms with Crippen molar-refractivity contribution in [3.63, 3.8) is 0 Å². The van der Waals surface area contributed by atoms with E-state index < -0.39 is 0 Å². The van der Waals surface area contributed by atoms with E-state index in [0.717, 1.165) is 108 Å². The predicted octanol–water partition coefficient (Wildman–Crippen LogP) is 4.92. The number of morpholine rings is 1. The van der Waals surface area contributed by atoms with E-state index in [1.165, 1.54) is 5.69 Å². The molecule has 0 atom stereocenters. The fraction of sp³-hybridized carbons (Fsp3) is 0.484. The summed E-state index contributed by atoms with van der Waals surface area (Å²) in [6.07, 6.45) is 5.87. The summed E-state index contributed by atoms with van der Waals surface area (Å²) in [6.45, 7) is 7.18. The van der Waals surface area contributed by atoms with Gasteiger partial charge < -0.3 is 19.4 Å². The van der Waals surface area contributed by atoms with Gasteiger partial charge >= 0.3 is 0 Å². The van der Waals surface area contributed by atoms with Gasteiger partial charge in [-0.2, -0.15) is 0 Å². The van der Waals surface area contributed by atoms with Crippen molar-refractivity contribution in [2.24, 2.45) is 4.99 Å². The molecule has 4 aliphatic rings. The molecule has 39 heavy (non-hydrogen) atoms. The first-order chi connectivity index (χ1) is 19.1. The molecule has 8 heteroatoms. The molecule has 0 bridgehead atoms. The van der Waals surface area contributed by atoms with E-state index in [1.54, 1.807) is 7.05 Å². The van der Waals surface area contributed by atoms with Gasteiger partial charge in [0.2, 0.25) is 0 Å². The highest BCUT2D eigenvalue weighted by molar-refractivity contribution is 9.10. The van der Waals surface area contributed by atoms with E-state index in [-0.39, 0.29) is 11.2 Å². The summed E-state index contributed by atoms with van der Waals surface area (Å²) in [7, 11) is 1.78. The number of rotatable bonds is 3. The molecule has 2 aromatic carbocycles. The van der Waals surface area contributed by atoms with Gasteiger partial charge in [0.05, 0.1) is 24.5 Å². The van der Waals surface area contributed by atoms with Crippen LogP contribution in [-0.2, 0) is 14.9 Å². The number of piperidine rings is 1. The standard InChI is InChI=1S/C31H35BrN4O3/c1-33-19-20-2-3-22-26(16-20)34-30-28(22)29(37)23-17-25(32)27(18-24(23)31(30)6-12-38-13-7-31)36-8-4-21(5-9-36)35-10-14-39-15-11-35/h2-3,16-19,21,34H,4-15H2,1H3. The number of carbonyl (C=O) groups excluding carboxylic acids is 1. The Balaban J connectivity index is 1.28. The number of aliphatic imine (C=N–C) groups is 1. The van der Waals surface area contributed by atoms with Gasteiger partial charge in [0.25, 0.3) is 0 Å². The minimum absolute atomic E-state index is 0.110. The highest BCUT2D eigenvalue weighted by atomic mass is 79.9. The lowest BCUT2D eigenvalue weighted by Gasteiger charge is -2.43. The zero-order valence-corrected chi connectivity index (χ0v) is 24.1. The van der Waals surface area contributed by atoms with Crippen molar-refractivity contribution in [3.8, 4) is 0 Å². The number of nitrogens with zero attached hydrogens (tertiary/aromatic N) is 3. The van der Waals surface area contributed by atoms with E-state index in [9.17, 15) is 4.79 Å². The average molecular weight is 592 g/mol. The minimum atomic E-state index is -0.267. The number of H-pyrrole nitrogens is 1. The number of halogens is 1. The van der Waals surface area contributed by atoms with Crippen LogP contribution in [0.4, 0.5) is 5.69 Å². The maximum absolute atomic E-state index is 14.1. The first kappa shape index (κ1) is 25.4. The van der Waals surface area contributed by atoms with Gasteiger partial charge in [-0.15, -0.1) is 0 Å². The lowest BCUT2D eigenvalue weighted by atomic mass is 9.64.